The van der Waals surface area contributed by atoms with E-state index < -0.39 is 0 Å². The lowest BCUT2D eigenvalue weighted by Crippen LogP contribution is -2.56. The summed E-state index contributed by atoms with van der Waals surface area (Å²) in [7, 11) is 0. The minimum atomic E-state index is -0.122. The average Bonchev–Trinajstić information content (AvgIpc) is 3.23. The molecule has 5 nitrogen and oxygen atoms in total. The number of hydrogen-bond donors (Lipinski definition) is 0. The molecule has 128 valence electrons. The van der Waals surface area contributed by atoms with Gasteiger partial charge in [0.15, 0.2) is 0 Å². The van der Waals surface area contributed by atoms with Gasteiger partial charge in [0, 0.05) is 25.6 Å². The highest BCUT2D eigenvalue weighted by Crippen LogP contribution is 2.33. The minimum Gasteiger partial charge on any atom is -0.374 e. The Morgan fingerprint density at radius 3 is 2.61 bits per heavy atom. The van der Waals surface area contributed by atoms with Crippen molar-refractivity contribution in [3.05, 3.63) is 0 Å². The maximum atomic E-state index is 13.1. The van der Waals surface area contributed by atoms with Crippen LogP contribution in [-0.4, -0.2) is 59.5 Å². The number of rotatable bonds is 2. The smallest absolute Gasteiger partial charge is 0.228 e. The van der Waals surface area contributed by atoms with E-state index in [9.17, 15) is 9.59 Å². The van der Waals surface area contributed by atoms with E-state index in [1.54, 1.807) is 0 Å². The minimum absolute atomic E-state index is 0.122. The van der Waals surface area contributed by atoms with Gasteiger partial charge < -0.3 is 14.5 Å². The molecule has 2 heterocycles. The van der Waals surface area contributed by atoms with Gasteiger partial charge in [-0.15, -0.1) is 0 Å². The van der Waals surface area contributed by atoms with E-state index in [0.717, 1.165) is 25.7 Å². The van der Waals surface area contributed by atoms with Crippen molar-refractivity contribution in [3.63, 3.8) is 0 Å². The van der Waals surface area contributed by atoms with Crippen LogP contribution in [0.3, 0.4) is 0 Å². The second kappa shape index (κ2) is 6.42. The summed E-state index contributed by atoms with van der Waals surface area (Å²) < 4.78 is 5.88. The van der Waals surface area contributed by atoms with Crippen LogP contribution in [0.2, 0.25) is 0 Å². The number of amides is 2. The van der Waals surface area contributed by atoms with Crippen molar-refractivity contribution in [3.8, 4) is 0 Å². The lowest BCUT2D eigenvalue weighted by Gasteiger charge is -2.44. The van der Waals surface area contributed by atoms with Crippen LogP contribution in [0, 0.1) is 5.92 Å². The fourth-order valence-corrected chi connectivity index (χ4v) is 5.07. The van der Waals surface area contributed by atoms with Gasteiger partial charge in [0.05, 0.1) is 24.7 Å². The Bertz CT molecular complexity index is 473. The molecule has 2 aliphatic heterocycles. The first-order chi connectivity index (χ1) is 11.2. The first kappa shape index (κ1) is 15.4. The molecular formula is C18H28N2O3. The van der Waals surface area contributed by atoms with Gasteiger partial charge >= 0.3 is 0 Å². The predicted molar refractivity (Wildman–Crippen MR) is 85.8 cm³/mol. The molecule has 0 unspecified atom stereocenters. The molecule has 0 radical (unpaired) electrons. The summed E-state index contributed by atoms with van der Waals surface area (Å²) in [5, 5.41) is 0. The van der Waals surface area contributed by atoms with Crippen LogP contribution in [0.5, 0.6) is 0 Å². The Kier molecular flexibility index (Phi) is 4.31. The first-order valence-corrected chi connectivity index (χ1v) is 9.45. The zero-order chi connectivity index (χ0) is 15.8. The summed E-state index contributed by atoms with van der Waals surface area (Å²) in [6.07, 6.45) is 9.86. The SMILES string of the molecule is O=C1C[C@H](C(=O)N2CCO[C@H]3CCCC[C@@H]32)CN1C1CCCC1. The van der Waals surface area contributed by atoms with Crippen molar-refractivity contribution in [2.45, 2.75) is 76.0 Å². The molecule has 0 aromatic rings. The highest BCUT2D eigenvalue weighted by molar-refractivity contribution is 5.89. The van der Waals surface area contributed by atoms with Crippen LogP contribution < -0.4 is 0 Å². The Morgan fingerprint density at radius 2 is 1.78 bits per heavy atom. The third-order valence-corrected chi connectivity index (χ3v) is 6.29. The van der Waals surface area contributed by atoms with E-state index in [0.29, 0.717) is 32.2 Å². The fraction of sp³-hybridized carbons (Fsp3) is 0.889. The molecule has 2 amide bonds. The number of ether oxygens (including phenoxy) is 1. The predicted octanol–water partition coefficient (Wildman–Crippen LogP) is 1.95. The zero-order valence-electron chi connectivity index (χ0n) is 13.9. The molecule has 3 atom stereocenters. The normalized spacial score (nSPS) is 35.7. The zero-order valence-corrected chi connectivity index (χ0v) is 13.9. The summed E-state index contributed by atoms with van der Waals surface area (Å²) in [6, 6.07) is 0.646. The van der Waals surface area contributed by atoms with E-state index in [1.165, 1.54) is 25.7 Å². The second-order valence-corrected chi connectivity index (χ2v) is 7.68. The van der Waals surface area contributed by atoms with Crippen molar-refractivity contribution < 1.29 is 14.3 Å². The Hall–Kier alpha value is -1.10. The lowest BCUT2D eigenvalue weighted by atomic mass is 9.89. The maximum Gasteiger partial charge on any atom is 0.228 e. The maximum absolute atomic E-state index is 13.1. The number of nitrogens with zero attached hydrogens (tertiary/aromatic N) is 2. The molecule has 0 aromatic heterocycles. The van der Waals surface area contributed by atoms with E-state index in [2.05, 4.69) is 4.90 Å². The molecule has 5 heteroatoms. The van der Waals surface area contributed by atoms with Crippen LogP contribution in [0.4, 0.5) is 0 Å². The van der Waals surface area contributed by atoms with Crippen molar-refractivity contribution in [2.24, 2.45) is 5.92 Å². The van der Waals surface area contributed by atoms with Crippen molar-refractivity contribution in [1.82, 2.24) is 9.80 Å². The number of likely N-dealkylation sites (tertiary alicyclic amines) is 1. The Morgan fingerprint density at radius 1 is 1.04 bits per heavy atom. The van der Waals surface area contributed by atoms with Crippen LogP contribution in [0.15, 0.2) is 0 Å². The largest absolute Gasteiger partial charge is 0.374 e. The molecule has 2 aliphatic carbocycles. The van der Waals surface area contributed by atoms with Gasteiger partial charge in [-0.05, 0) is 25.7 Å². The van der Waals surface area contributed by atoms with Crippen molar-refractivity contribution in [2.75, 3.05) is 19.7 Å². The Balaban J connectivity index is 1.43. The molecule has 0 aromatic carbocycles. The fourth-order valence-electron chi connectivity index (χ4n) is 5.07. The van der Waals surface area contributed by atoms with Gasteiger partial charge in [-0.1, -0.05) is 25.7 Å². The molecule has 0 spiro atoms. The molecule has 2 saturated carbocycles. The second-order valence-electron chi connectivity index (χ2n) is 7.68. The number of hydrogen-bond acceptors (Lipinski definition) is 3. The van der Waals surface area contributed by atoms with Gasteiger partial charge in [0.2, 0.25) is 11.8 Å². The third kappa shape index (κ3) is 2.88. The molecule has 0 bridgehead atoms. The lowest BCUT2D eigenvalue weighted by molar-refractivity contribution is -0.153. The Labute approximate surface area is 138 Å². The van der Waals surface area contributed by atoms with Gasteiger partial charge in [0.25, 0.3) is 0 Å². The summed E-state index contributed by atoms with van der Waals surface area (Å²) >= 11 is 0. The quantitative estimate of drug-likeness (QED) is 0.781. The molecule has 4 aliphatic rings. The topological polar surface area (TPSA) is 49.9 Å². The summed E-state index contributed by atoms with van der Waals surface area (Å²) in [5.74, 6) is 0.284. The molecule has 0 N–H and O–H groups in total. The van der Waals surface area contributed by atoms with E-state index in [1.807, 2.05) is 4.90 Å². The van der Waals surface area contributed by atoms with Gasteiger partial charge in [-0.25, -0.2) is 0 Å². The van der Waals surface area contributed by atoms with Crippen LogP contribution in [0.25, 0.3) is 0 Å². The van der Waals surface area contributed by atoms with E-state index >= 15 is 0 Å². The van der Waals surface area contributed by atoms with Crippen LogP contribution >= 0.6 is 0 Å². The number of fused-ring (bicyclic) bond motifs is 1. The van der Waals surface area contributed by atoms with Crippen LogP contribution in [-0.2, 0) is 14.3 Å². The van der Waals surface area contributed by atoms with Gasteiger partial charge in [0.1, 0.15) is 0 Å². The summed E-state index contributed by atoms with van der Waals surface area (Å²) in [4.78, 5) is 29.5. The third-order valence-electron chi connectivity index (χ3n) is 6.29. The van der Waals surface area contributed by atoms with E-state index in [4.69, 9.17) is 4.74 Å². The van der Waals surface area contributed by atoms with Gasteiger partial charge in [-0.2, -0.15) is 0 Å². The van der Waals surface area contributed by atoms with E-state index in [-0.39, 0.29) is 29.9 Å². The number of carbonyl (C=O) groups excluding carboxylic acids is 2. The van der Waals surface area contributed by atoms with Gasteiger partial charge in [-0.3, -0.25) is 9.59 Å². The molecule has 23 heavy (non-hydrogen) atoms. The molecule has 2 saturated heterocycles. The van der Waals surface area contributed by atoms with Crippen molar-refractivity contribution in [1.29, 1.82) is 0 Å². The molecule has 4 fully saturated rings. The highest BCUT2D eigenvalue weighted by Gasteiger charge is 2.44. The molecular weight excluding hydrogens is 292 g/mol. The average molecular weight is 320 g/mol. The number of carbonyl (C=O) groups is 2. The van der Waals surface area contributed by atoms with Crippen molar-refractivity contribution >= 4 is 11.8 Å². The highest BCUT2D eigenvalue weighted by atomic mass is 16.5. The summed E-state index contributed by atoms with van der Waals surface area (Å²) in [6.45, 7) is 2.01. The van der Waals surface area contributed by atoms with Crippen LogP contribution in [0.1, 0.15) is 57.8 Å². The number of morpholine rings is 1. The first-order valence-electron chi connectivity index (χ1n) is 9.45. The monoisotopic (exact) mass is 320 g/mol. The summed E-state index contributed by atoms with van der Waals surface area (Å²) in [5.41, 5.74) is 0. The molecule has 4 rings (SSSR count). The standard InChI is InChI=1S/C18H28N2O3/c21-17-11-13(12-20(17)14-5-1-2-6-14)18(22)19-9-10-23-16-8-4-3-7-15(16)19/h13-16H,1-12H2/t13-,15-,16-/m0/s1.